The second-order valence-electron chi connectivity index (χ2n) is 6.15. The Balaban J connectivity index is 0.00000300. The van der Waals surface area contributed by atoms with Gasteiger partial charge in [-0.1, -0.05) is 47.2 Å². The molecule has 29 heavy (non-hydrogen) atoms. The first-order valence-electron chi connectivity index (χ1n) is 8.27. The van der Waals surface area contributed by atoms with Crippen molar-refractivity contribution >= 4 is 78.9 Å². The molecule has 1 fully saturated rings. The van der Waals surface area contributed by atoms with Crippen molar-refractivity contribution in [2.75, 3.05) is 35.7 Å². The molecular weight excluding hydrogens is 488 g/mol. The number of rotatable bonds is 5. The number of fused-ring (bicyclic) bond motifs is 1. The van der Waals surface area contributed by atoms with Crippen LogP contribution in [0.5, 0.6) is 0 Å². The Kier molecular flexibility index (Phi) is 8.37. The van der Waals surface area contributed by atoms with Crippen LogP contribution in [0, 0.1) is 0 Å². The first-order chi connectivity index (χ1) is 13.0. The largest absolute Gasteiger partial charge is 1.00 e. The predicted octanol–water partition coefficient (Wildman–Crippen LogP) is 0.238. The fourth-order valence-electron chi connectivity index (χ4n) is 3.13. The Morgan fingerprint density at radius 3 is 2.28 bits per heavy atom. The van der Waals surface area contributed by atoms with Gasteiger partial charge in [-0.05, 0) is 25.5 Å². The van der Waals surface area contributed by atoms with E-state index in [0.29, 0.717) is 37.3 Å². The average Bonchev–Trinajstić information content (AvgIpc) is 3.01. The number of amides is 1. The maximum absolute atomic E-state index is 12.9. The summed E-state index contributed by atoms with van der Waals surface area (Å²) in [5, 5.41) is 0.689. The molecule has 1 aromatic carbocycles. The zero-order chi connectivity index (χ0) is 20.8. The molecule has 0 aliphatic carbocycles. The minimum atomic E-state index is -4.35. The molecule has 0 aromatic heterocycles. The van der Waals surface area contributed by atoms with Crippen LogP contribution in [0.25, 0.3) is 0 Å². The van der Waals surface area contributed by atoms with Crippen molar-refractivity contribution < 1.29 is 47.3 Å². The first kappa shape index (κ1) is 25.2. The van der Waals surface area contributed by atoms with Crippen LogP contribution in [0.4, 0.5) is 11.4 Å². The number of anilines is 2. The average molecular weight is 504 g/mol. The summed E-state index contributed by atoms with van der Waals surface area (Å²) in [5.41, 5.74) is 1.40. The van der Waals surface area contributed by atoms with Gasteiger partial charge in [-0.2, -0.15) is 0 Å². The third-order valence-corrected chi connectivity index (χ3v) is 7.33. The van der Waals surface area contributed by atoms with Gasteiger partial charge in [-0.15, -0.1) is 0 Å². The summed E-state index contributed by atoms with van der Waals surface area (Å²) in [6.07, 6.45) is 0.0942. The molecule has 0 saturated carbocycles. The Hall–Kier alpha value is -0.0400. The summed E-state index contributed by atoms with van der Waals surface area (Å²) in [6.45, 7) is 2.49. The van der Waals surface area contributed by atoms with Gasteiger partial charge in [0.15, 0.2) is 0 Å². The number of hydrogen-bond donors (Lipinski definition) is 0. The zero-order valence-corrected chi connectivity index (χ0v) is 21.9. The van der Waals surface area contributed by atoms with E-state index in [2.05, 4.69) is 0 Å². The summed E-state index contributed by atoms with van der Waals surface area (Å²) in [5.74, 6) is -0.164. The molecule has 0 N–H and O–H groups in total. The first-order valence-corrected chi connectivity index (χ1v) is 11.8. The van der Waals surface area contributed by atoms with Crippen molar-refractivity contribution in [3.8, 4) is 0 Å². The van der Waals surface area contributed by atoms with Crippen molar-refractivity contribution in [3.63, 3.8) is 0 Å². The van der Waals surface area contributed by atoms with E-state index in [9.17, 15) is 17.8 Å². The molecule has 1 amide bonds. The number of hydrogen-bond acceptors (Lipinski definition) is 8. The minimum absolute atomic E-state index is 0. The number of halogens is 2. The quantitative estimate of drug-likeness (QED) is 0.244. The molecule has 1 saturated heterocycles. The molecule has 1 aromatic rings. The van der Waals surface area contributed by atoms with Crippen LogP contribution in [-0.4, -0.2) is 54.0 Å². The van der Waals surface area contributed by atoms with Crippen LogP contribution in [0.1, 0.15) is 13.3 Å². The SMILES string of the molecule is CCN1C(=O)/C(=C2/N(C)c3cc(Cl)c(Cl)cc3N2CCCS(=O)(=O)[O-])SC1=S.[Na+]. The molecule has 0 radical (unpaired) electrons. The normalized spacial score (nSPS) is 19.1. The summed E-state index contributed by atoms with van der Waals surface area (Å²) in [4.78, 5) is 18.4. The number of nitrogens with zero attached hydrogens (tertiary/aromatic N) is 3. The second-order valence-corrected chi connectivity index (χ2v) is 10.1. The molecule has 0 bridgehead atoms. The molecule has 3 rings (SSSR count). The molecule has 2 heterocycles. The number of likely N-dealkylation sites (N-methyl/N-ethyl adjacent to an activating group) is 1. The van der Waals surface area contributed by atoms with Crippen molar-refractivity contribution in [2.45, 2.75) is 13.3 Å². The number of benzene rings is 1. The van der Waals surface area contributed by atoms with E-state index in [-0.39, 0.29) is 48.4 Å². The molecule has 7 nitrogen and oxygen atoms in total. The standard InChI is InChI=1S/C16H17Cl2N3O4S3.Na/c1-3-20-15(22)13(27-16(20)26)14-19(2)11-7-9(17)10(18)8-12(11)21(14)5-4-6-28(23,24)25;/h7-8H,3-6H2,1-2H3,(H,23,24,25);/q;+1/p-1/b14-13+;. The fourth-order valence-corrected chi connectivity index (χ4v) is 5.42. The minimum Gasteiger partial charge on any atom is -0.748 e. The van der Waals surface area contributed by atoms with Crippen molar-refractivity contribution in [1.82, 2.24) is 4.90 Å². The van der Waals surface area contributed by atoms with E-state index in [1.54, 1.807) is 29.0 Å². The maximum Gasteiger partial charge on any atom is 1.00 e. The van der Waals surface area contributed by atoms with Gasteiger partial charge in [0, 0.05) is 25.9 Å². The topological polar surface area (TPSA) is 84.0 Å². The van der Waals surface area contributed by atoms with Gasteiger partial charge in [-0.25, -0.2) is 8.42 Å². The van der Waals surface area contributed by atoms with E-state index < -0.39 is 15.9 Å². The maximum atomic E-state index is 12.9. The van der Waals surface area contributed by atoms with E-state index in [0.717, 1.165) is 5.69 Å². The second kappa shape index (κ2) is 9.62. The van der Waals surface area contributed by atoms with Crippen molar-refractivity contribution in [3.05, 3.63) is 32.9 Å². The molecular formula is C16H16Cl2N3NaO4S3. The molecule has 2 aliphatic heterocycles. The van der Waals surface area contributed by atoms with Gasteiger partial charge in [0.1, 0.15) is 15.0 Å². The van der Waals surface area contributed by atoms with Gasteiger partial charge in [0.05, 0.1) is 31.5 Å². The number of carbonyl (C=O) groups excluding carboxylic acids is 1. The number of thiocarbonyl (C=S) groups is 1. The molecule has 13 heteroatoms. The van der Waals surface area contributed by atoms with E-state index >= 15 is 0 Å². The Morgan fingerprint density at radius 1 is 1.17 bits per heavy atom. The van der Waals surface area contributed by atoms with Crippen molar-refractivity contribution in [1.29, 1.82) is 0 Å². The summed E-state index contributed by atoms with van der Waals surface area (Å²) in [6, 6.07) is 3.35. The third kappa shape index (κ3) is 5.07. The number of carbonyl (C=O) groups is 1. The summed E-state index contributed by atoms with van der Waals surface area (Å²) < 4.78 is 33.5. The van der Waals surface area contributed by atoms with Crippen molar-refractivity contribution in [2.24, 2.45) is 0 Å². The monoisotopic (exact) mass is 503 g/mol. The molecule has 152 valence electrons. The van der Waals surface area contributed by atoms with Gasteiger partial charge in [-0.3, -0.25) is 9.69 Å². The third-order valence-electron chi connectivity index (χ3n) is 4.39. The Bertz CT molecular complexity index is 1000. The van der Waals surface area contributed by atoms with E-state index in [1.807, 2.05) is 6.92 Å². The van der Waals surface area contributed by atoms with Crippen LogP contribution in [0.15, 0.2) is 22.9 Å². The van der Waals surface area contributed by atoms with Crippen LogP contribution in [-0.2, 0) is 14.9 Å². The van der Waals surface area contributed by atoms with Crippen LogP contribution < -0.4 is 39.4 Å². The molecule has 0 atom stereocenters. The van der Waals surface area contributed by atoms with Gasteiger partial charge in [0.2, 0.25) is 0 Å². The molecule has 0 unspecified atom stereocenters. The van der Waals surface area contributed by atoms with Gasteiger partial charge < -0.3 is 14.4 Å². The molecule has 2 aliphatic rings. The summed E-state index contributed by atoms with van der Waals surface area (Å²) >= 11 is 18.8. The number of thioether (sulfide) groups is 1. The fraction of sp³-hybridized carbons (Fsp3) is 0.375. The van der Waals surface area contributed by atoms with E-state index in [1.165, 1.54) is 16.7 Å². The van der Waals surface area contributed by atoms with Gasteiger partial charge >= 0.3 is 29.6 Å². The molecule has 0 spiro atoms. The Morgan fingerprint density at radius 2 is 1.76 bits per heavy atom. The summed E-state index contributed by atoms with van der Waals surface area (Å²) in [7, 11) is -2.57. The van der Waals surface area contributed by atoms with Gasteiger partial charge in [0.25, 0.3) is 5.91 Å². The smallest absolute Gasteiger partial charge is 0.748 e. The van der Waals surface area contributed by atoms with Crippen LogP contribution in [0.2, 0.25) is 10.0 Å². The van der Waals surface area contributed by atoms with E-state index in [4.69, 9.17) is 35.4 Å². The Labute approximate surface area is 211 Å². The van der Waals surface area contributed by atoms with Crippen LogP contribution in [0.3, 0.4) is 0 Å². The zero-order valence-electron chi connectivity index (χ0n) is 15.9. The van der Waals surface area contributed by atoms with Crippen LogP contribution >= 0.6 is 47.2 Å². The predicted molar refractivity (Wildman–Crippen MR) is 116 cm³/mol.